The molecule has 0 saturated carbocycles. The van der Waals surface area contributed by atoms with Crippen molar-refractivity contribution in [2.24, 2.45) is 10.9 Å². The molecular weight excluding hydrogens is 322 g/mol. The van der Waals surface area contributed by atoms with Crippen molar-refractivity contribution in [2.45, 2.75) is 31.9 Å². The van der Waals surface area contributed by atoms with Gasteiger partial charge in [0, 0.05) is 26.1 Å². The number of guanidine groups is 1. The van der Waals surface area contributed by atoms with E-state index in [0.29, 0.717) is 5.92 Å². The molecule has 1 aliphatic heterocycles. The smallest absolute Gasteiger partial charge is 0.191 e. The van der Waals surface area contributed by atoms with Gasteiger partial charge in [-0.15, -0.1) is 0 Å². The second-order valence-electron chi connectivity index (χ2n) is 6.83. The van der Waals surface area contributed by atoms with Gasteiger partial charge in [-0.1, -0.05) is 60.7 Å². The van der Waals surface area contributed by atoms with Gasteiger partial charge in [0.15, 0.2) is 5.96 Å². The molecule has 3 unspecified atom stereocenters. The van der Waals surface area contributed by atoms with Crippen LogP contribution in [0.3, 0.4) is 0 Å². The van der Waals surface area contributed by atoms with Crippen LogP contribution in [0.5, 0.6) is 0 Å². The van der Waals surface area contributed by atoms with E-state index in [1.165, 1.54) is 11.1 Å². The molecule has 2 N–H and O–H groups in total. The lowest BCUT2D eigenvalue weighted by atomic mass is 9.89. The van der Waals surface area contributed by atoms with Gasteiger partial charge in [0.2, 0.25) is 0 Å². The van der Waals surface area contributed by atoms with Gasteiger partial charge in [0.1, 0.15) is 0 Å². The Kier molecular flexibility index (Phi) is 6.67. The lowest BCUT2D eigenvalue weighted by molar-refractivity contribution is -0.0265. The molecule has 4 nitrogen and oxygen atoms in total. The van der Waals surface area contributed by atoms with Gasteiger partial charge in [0.25, 0.3) is 0 Å². The van der Waals surface area contributed by atoms with Crippen LogP contribution in [-0.2, 0) is 4.74 Å². The van der Waals surface area contributed by atoms with E-state index in [9.17, 15) is 0 Å². The van der Waals surface area contributed by atoms with Gasteiger partial charge in [-0.05, 0) is 30.9 Å². The number of hydrogen-bond donors (Lipinski definition) is 2. The van der Waals surface area contributed by atoms with E-state index < -0.39 is 0 Å². The molecule has 138 valence electrons. The van der Waals surface area contributed by atoms with E-state index in [2.05, 4.69) is 77.1 Å². The summed E-state index contributed by atoms with van der Waals surface area (Å²) in [6, 6.07) is 21.2. The van der Waals surface area contributed by atoms with E-state index in [1.807, 2.05) is 13.1 Å². The first-order chi connectivity index (χ1) is 12.8. The summed E-state index contributed by atoms with van der Waals surface area (Å²) < 4.78 is 6.09. The summed E-state index contributed by atoms with van der Waals surface area (Å²) in [4.78, 5) is 4.39. The first kappa shape index (κ1) is 18.5. The monoisotopic (exact) mass is 351 g/mol. The number of aliphatic imine (C=N–C) groups is 1. The third kappa shape index (κ3) is 4.85. The molecule has 0 spiro atoms. The number of rotatable bonds is 5. The van der Waals surface area contributed by atoms with Crippen LogP contribution in [0.2, 0.25) is 0 Å². The maximum Gasteiger partial charge on any atom is 0.191 e. The zero-order valence-corrected chi connectivity index (χ0v) is 15.7. The number of nitrogens with zero attached hydrogens (tertiary/aromatic N) is 1. The average Bonchev–Trinajstić information content (AvgIpc) is 2.72. The Morgan fingerprint density at radius 2 is 1.81 bits per heavy atom. The summed E-state index contributed by atoms with van der Waals surface area (Å²) in [5, 5.41) is 6.97. The van der Waals surface area contributed by atoms with Crippen molar-refractivity contribution in [3.05, 3.63) is 71.8 Å². The fraction of sp³-hybridized carbons (Fsp3) is 0.409. The first-order valence-electron chi connectivity index (χ1n) is 9.46. The summed E-state index contributed by atoms with van der Waals surface area (Å²) in [5.41, 5.74) is 2.51. The fourth-order valence-corrected chi connectivity index (χ4v) is 3.52. The minimum Gasteiger partial charge on any atom is -0.373 e. The number of hydrogen-bond acceptors (Lipinski definition) is 2. The molecule has 4 heteroatoms. The van der Waals surface area contributed by atoms with Crippen LogP contribution in [0.15, 0.2) is 65.7 Å². The van der Waals surface area contributed by atoms with Crippen molar-refractivity contribution < 1.29 is 4.74 Å². The zero-order valence-electron chi connectivity index (χ0n) is 15.7. The van der Waals surface area contributed by atoms with Crippen LogP contribution in [0.4, 0.5) is 0 Å². The van der Waals surface area contributed by atoms with Crippen molar-refractivity contribution in [1.29, 1.82) is 0 Å². The van der Waals surface area contributed by atoms with Crippen molar-refractivity contribution in [3.63, 3.8) is 0 Å². The molecule has 3 rings (SSSR count). The van der Waals surface area contributed by atoms with Crippen LogP contribution < -0.4 is 10.6 Å². The molecule has 1 fully saturated rings. The molecule has 3 atom stereocenters. The summed E-state index contributed by atoms with van der Waals surface area (Å²) in [5.74, 6) is 1.27. The molecule has 0 radical (unpaired) electrons. The predicted molar refractivity (Wildman–Crippen MR) is 107 cm³/mol. The maximum atomic E-state index is 6.09. The third-order valence-electron chi connectivity index (χ3n) is 4.98. The summed E-state index contributed by atoms with van der Waals surface area (Å²) >= 11 is 0. The Hall–Kier alpha value is -2.33. The summed E-state index contributed by atoms with van der Waals surface area (Å²) in [6.45, 7) is 3.84. The van der Waals surface area contributed by atoms with Gasteiger partial charge in [-0.25, -0.2) is 0 Å². The first-order valence-corrected chi connectivity index (χ1v) is 9.46. The third-order valence-corrected chi connectivity index (χ3v) is 4.98. The highest BCUT2D eigenvalue weighted by molar-refractivity contribution is 5.80. The summed E-state index contributed by atoms with van der Waals surface area (Å²) in [6.07, 6.45) is 2.43. The quantitative estimate of drug-likeness (QED) is 0.630. The zero-order chi connectivity index (χ0) is 18.2. The second-order valence-corrected chi connectivity index (χ2v) is 6.83. The Morgan fingerprint density at radius 3 is 2.50 bits per heavy atom. The van der Waals surface area contributed by atoms with Gasteiger partial charge < -0.3 is 15.4 Å². The minimum atomic E-state index is 0.155. The molecule has 0 amide bonds. The van der Waals surface area contributed by atoms with Crippen molar-refractivity contribution in [3.8, 4) is 0 Å². The van der Waals surface area contributed by atoms with Crippen molar-refractivity contribution >= 4 is 5.96 Å². The van der Waals surface area contributed by atoms with Gasteiger partial charge in [-0.3, -0.25) is 4.99 Å². The highest BCUT2D eigenvalue weighted by Crippen LogP contribution is 2.33. The Balaban J connectivity index is 1.58. The van der Waals surface area contributed by atoms with E-state index >= 15 is 0 Å². The maximum absolute atomic E-state index is 6.09. The average molecular weight is 351 g/mol. The van der Waals surface area contributed by atoms with E-state index in [1.54, 1.807) is 0 Å². The number of nitrogens with one attached hydrogen (secondary N) is 2. The van der Waals surface area contributed by atoms with Crippen LogP contribution in [-0.4, -0.2) is 26.2 Å². The van der Waals surface area contributed by atoms with Gasteiger partial charge in [-0.2, -0.15) is 0 Å². The molecule has 0 bridgehead atoms. The Morgan fingerprint density at radius 1 is 1.12 bits per heavy atom. The van der Waals surface area contributed by atoms with Crippen LogP contribution in [0.25, 0.3) is 0 Å². The molecule has 2 aromatic carbocycles. The molecule has 0 aromatic heterocycles. The molecule has 1 aliphatic rings. The highest BCUT2D eigenvalue weighted by Gasteiger charge is 2.27. The van der Waals surface area contributed by atoms with E-state index in [0.717, 1.165) is 32.0 Å². The fourth-order valence-electron chi connectivity index (χ4n) is 3.52. The number of benzene rings is 2. The van der Waals surface area contributed by atoms with E-state index in [4.69, 9.17) is 4.74 Å². The lowest BCUT2D eigenvalue weighted by Crippen LogP contribution is -2.42. The van der Waals surface area contributed by atoms with Crippen LogP contribution in [0, 0.1) is 5.92 Å². The Bertz CT molecular complexity index is 687. The molecule has 26 heavy (non-hydrogen) atoms. The minimum absolute atomic E-state index is 0.155. The Labute approximate surface area is 156 Å². The highest BCUT2D eigenvalue weighted by atomic mass is 16.5. The van der Waals surface area contributed by atoms with E-state index in [-0.39, 0.29) is 12.1 Å². The largest absolute Gasteiger partial charge is 0.373 e. The molecule has 1 heterocycles. The predicted octanol–water partition coefficient (Wildman–Crippen LogP) is 4.08. The van der Waals surface area contributed by atoms with Crippen LogP contribution >= 0.6 is 0 Å². The molecular formula is C22H29N3O. The van der Waals surface area contributed by atoms with Crippen molar-refractivity contribution in [2.75, 3.05) is 20.2 Å². The van der Waals surface area contributed by atoms with Crippen LogP contribution in [0.1, 0.15) is 43.0 Å². The lowest BCUT2D eigenvalue weighted by Gasteiger charge is -2.33. The van der Waals surface area contributed by atoms with Gasteiger partial charge >= 0.3 is 0 Å². The number of ether oxygens (including phenoxy) is 1. The summed E-state index contributed by atoms with van der Waals surface area (Å²) in [7, 11) is 1.82. The SMILES string of the molecule is CN=C(NCC1CCCOC1c1ccccc1)NC(C)c1ccccc1. The standard InChI is InChI=1S/C22H29N3O/c1-17(18-10-5-3-6-11-18)25-22(23-2)24-16-20-14-9-15-26-21(20)19-12-7-4-8-13-19/h3-8,10-13,17,20-21H,9,14-16H2,1-2H3,(H2,23,24,25). The second kappa shape index (κ2) is 9.39. The molecule has 2 aromatic rings. The normalized spacial score (nSPS) is 21.8. The molecule has 1 saturated heterocycles. The topological polar surface area (TPSA) is 45.7 Å². The van der Waals surface area contributed by atoms with Gasteiger partial charge in [0.05, 0.1) is 12.1 Å². The van der Waals surface area contributed by atoms with Crippen molar-refractivity contribution in [1.82, 2.24) is 10.6 Å². The molecule has 0 aliphatic carbocycles.